The Labute approximate surface area is 122 Å². The average Bonchev–Trinajstić information content (AvgIpc) is 3.05. The summed E-state index contributed by atoms with van der Waals surface area (Å²) in [6.07, 6.45) is 2.56. The number of tetrazole rings is 1. The van der Waals surface area contributed by atoms with E-state index in [-0.39, 0.29) is 6.04 Å². The first-order valence-electron chi connectivity index (χ1n) is 6.85. The minimum atomic E-state index is -0.0392. The maximum Gasteiger partial charge on any atom is 0.205 e. The Balaban J connectivity index is 1.86. The molecule has 3 rings (SSSR count). The monoisotopic (exact) mass is 280 g/mol. The molecule has 0 bridgehead atoms. The largest absolute Gasteiger partial charge is 0.323 e. The van der Waals surface area contributed by atoms with Gasteiger partial charge in [-0.05, 0) is 23.8 Å². The van der Waals surface area contributed by atoms with Gasteiger partial charge in [-0.1, -0.05) is 37.3 Å². The summed E-state index contributed by atoms with van der Waals surface area (Å²) in [5.74, 6) is 0.588. The van der Waals surface area contributed by atoms with Crippen LogP contribution in [0.1, 0.15) is 25.1 Å². The van der Waals surface area contributed by atoms with E-state index in [2.05, 4.69) is 20.4 Å². The van der Waals surface area contributed by atoms with Gasteiger partial charge in [-0.3, -0.25) is 4.98 Å². The molecular weight excluding hydrogens is 264 g/mol. The average molecular weight is 280 g/mol. The first-order chi connectivity index (χ1) is 10.3. The van der Waals surface area contributed by atoms with Crippen LogP contribution in [0.5, 0.6) is 0 Å². The van der Waals surface area contributed by atoms with Crippen LogP contribution in [0, 0.1) is 0 Å². The van der Waals surface area contributed by atoms with Gasteiger partial charge in [0.2, 0.25) is 5.82 Å². The molecule has 2 aromatic heterocycles. The van der Waals surface area contributed by atoms with Crippen molar-refractivity contribution in [1.29, 1.82) is 0 Å². The Morgan fingerprint density at radius 3 is 2.62 bits per heavy atom. The smallest absolute Gasteiger partial charge is 0.205 e. The molecule has 21 heavy (non-hydrogen) atoms. The Morgan fingerprint density at radius 1 is 1.14 bits per heavy atom. The molecule has 0 spiro atoms. The lowest BCUT2D eigenvalue weighted by molar-refractivity contribution is 0.669. The highest BCUT2D eigenvalue weighted by Crippen LogP contribution is 2.15. The maximum atomic E-state index is 5.95. The van der Waals surface area contributed by atoms with Gasteiger partial charge in [-0.25, -0.2) is 0 Å². The third kappa shape index (κ3) is 2.80. The molecule has 6 heteroatoms. The van der Waals surface area contributed by atoms with Crippen molar-refractivity contribution in [3.63, 3.8) is 0 Å². The van der Waals surface area contributed by atoms with Gasteiger partial charge in [-0.15, -0.1) is 15.0 Å². The van der Waals surface area contributed by atoms with Crippen LogP contribution >= 0.6 is 0 Å². The molecule has 6 nitrogen and oxygen atoms in total. The van der Waals surface area contributed by atoms with Gasteiger partial charge in [0.05, 0.1) is 11.9 Å². The van der Waals surface area contributed by atoms with Crippen molar-refractivity contribution in [2.24, 2.45) is 5.73 Å². The third-order valence-electron chi connectivity index (χ3n) is 3.27. The highest BCUT2D eigenvalue weighted by atomic mass is 15.6. The minimum absolute atomic E-state index is 0.0392. The summed E-state index contributed by atoms with van der Waals surface area (Å²) in [5, 5.41) is 12.5. The second kappa shape index (κ2) is 5.80. The van der Waals surface area contributed by atoms with Crippen LogP contribution in [0.4, 0.5) is 0 Å². The molecule has 106 valence electrons. The van der Waals surface area contributed by atoms with Crippen LogP contribution < -0.4 is 5.73 Å². The third-order valence-corrected chi connectivity index (χ3v) is 3.27. The van der Waals surface area contributed by atoms with Crippen molar-refractivity contribution in [2.45, 2.75) is 19.4 Å². The summed E-state index contributed by atoms with van der Waals surface area (Å²) in [5.41, 5.74) is 8.51. The molecule has 0 fully saturated rings. The highest BCUT2D eigenvalue weighted by molar-refractivity contribution is 5.53. The summed E-state index contributed by atoms with van der Waals surface area (Å²) >= 11 is 0. The number of nitrogens with two attached hydrogens (primary N) is 1. The Morgan fingerprint density at radius 2 is 1.95 bits per heavy atom. The van der Waals surface area contributed by atoms with Crippen LogP contribution in [0.15, 0.2) is 48.7 Å². The molecule has 0 saturated heterocycles. The van der Waals surface area contributed by atoms with Gasteiger partial charge in [0.1, 0.15) is 5.69 Å². The lowest BCUT2D eigenvalue weighted by Gasteiger charge is -2.07. The van der Waals surface area contributed by atoms with E-state index in [0.717, 1.165) is 23.4 Å². The van der Waals surface area contributed by atoms with Gasteiger partial charge in [-0.2, -0.15) is 0 Å². The van der Waals surface area contributed by atoms with Gasteiger partial charge < -0.3 is 5.73 Å². The van der Waals surface area contributed by atoms with Crippen molar-refractivity contribution in [3.8, 4) is 17.1 Å². The van der Waals surface area contributed by atoms with Crippen LogP contribution in [0.2, 0.25) is 0 Å². The number of aromatic nitrogens is 5. The zero-order valence-electron chi connectivity index (χ0n) is 11.7. The van der Waals surface area contributed by atoms with Gasteiger partial charge in [0, 0.05) is 11.6 Å². The van der Waals surface area contributed by atoms with E-state index in [4.69, 9.17) is 5.73 Å². The minimum Gasteiger partial charge on any atom is -0.323 e. The zero-order valence-corrected chi connectivity index (χ0v) is 11.7. The van der Waals surface area contributed by atoms with Gasteiger partial charge in [0.25, 0.3) is 0 Å². The number of hydrogen-bond acceptors (Lipinski definition) is 5. The predicted molar refractivity (Wildman–Crippen MR) is 79.6 cm³/mol. The van der Waals surface area contributed by atoms with Crippen molar-refractivity contribution < 1.29 is 0 Å². The lowest BCUT2D eigenvalue weighted by atomic mass is 10.1. The van der Waals surface area contributed by atoms with Gasteiger partial charge >= 0.3 is 0 Å². The number of benzene rings is 1. The van der Waals surface area contributed by atoms with E-state index in [1.807, 2.05) is 49.4 Å². The highest BCUT2D eigenvalue weighted by Gasteiger charge is 2.09. The molecular formula is C15H16N6. The molecule has 0 aliphatic heterocycles. The molecule has 0 saturated carbocycles. The molecule has 3 aromatic rings. The quantitative estimate of drug-likeness (QED) is 0.791. The molecule has 0 unspecified atom stereocenters. The van der Waals surface area contributed by atoms with E-state index in [1.165, 1.54) is 4.80 Å². The SMILES string of the molecule is CC[C@H](N)c1ccc(-n2nnc(-c3ccccc3)n2)cn1. The Bertz CT molecular complexity index is 705. The maximum absolute atomic E-state index is 5.95. The first kappa shape index (κ1) is 13.4. The Kier molecular flexibility index (Phi) is 3.70. The molecule has 1 atom stereocenters. The number of pyridine rings is 1. The fraction of sp³-hybridized carbons (Fsp3) is 0.200. The molecule has 0 aliphatic rings. The summed E-state index contributed by atoms with van der Waals surface area (Å²) in [6, 6.07) is 13.5. The number of nitrogens with zero attached hydrogens (tertiary/aromatic N) is 5. The standard InChI is InChI=1S/C15H16N6/c1-2-13(16)14-9-8-12(10-17-14)21-19-15(18-20-21)11-6-4-3-5-7-11/h3-10,13H,2,16H2,1H3/t13-/m0/s1. The van der Waals surface area contributed by atoms with E-state index in [1.54, 1.807) is 6.20 Å². The van der Waals surface area contributed by atoms with E-state index in [9.17, 15) is 0 Å². The normalized spacial score (nSPS) is 12.3. The van der Waals surface area contributed by atoms with Crippen LogP contribution in [0.25, 0.3) is 17.1 Å². The number of hydrogen-bond donors (Lipinski definition) is 1. The molecule has 0 amide bonds. The summed E-state index contributed by atoms with van der Waals surface area (Å²) in [7, 11) is 0. The van der Waals surface area contributed by atoms with Crippen molar-refractivity contribution in [2.75, 3.05) is 0 Å². The molecule has 0 radical (unpaired) electrons. The van der Waals surface area contributed by atoms with Crippen LogP contribution in [-0.4, -0.2) is 25.2 Å². The molecule has 0 aliphatic carbocycles. The fourth-order valence-electron chi connectivity index (χ4n) is 1.97. The zero-order chi connectivity index (χ0) is 14.7. The summed E-state index contributed by atoms with van der Waals surface area (Å²) in [4.78, 5) is 5.82. The topological polar surface area (TPSA) is 82.5 Å². The van der Waals surface area contributed by atoms with Crippen molar-refractivity contribution in [1.82, 2.24) is 25.2 Å². The van der Waals surface area contributed by atoms with E-state index >= 15 is 0 Å². The molecule has 2 heterocycles. The van der Waals surface area contributed by atoms with E-state index < -0.39 is 0 Å². The molecule has 1 aromatic carbocycles. The molecule has 2 N–H and O–H groups in total. The van der Waals surface area contributed by atoms with Crippen molar-refractivity contribution >= 4 is 0 Å². The second-order valence-corrected chi connectivity index (χ2v) is 4.72. The number of rotatable bonds is 4. The fourth-order valence-corrected chi connectivity index (χ4v) is 1.97. The summed E-state index contributed by atoms with van der Waals surface area (Å²) < 4.78 is 0. The van der Waals surface area contributed by atoms with Crippen LogP contribution in [-0.2, 0) is 0 Å². The van der Waals surface area contributed by atoms with Gasteiger partial charge in [0.15, 0.2) is 0 Å². The predicted octanol–water partition coefficient (Wildman–Crippen LogP) is 2.13. The second-order valence-electron chi connectivity index (χ2n) is 4.72. The lowest BCUT2D eigenvalue weighted by Crippen LogP contribution is -2.11. The summed E-state index contributed by atoms with van der Waals surface area (Å²) in [6.45, 7) is 2.03. The first-order valence-corrected chi connectivity index (χ1v) is 6.85. The van der Waals surface area contributed by atoms with E-state index in [0.29, 0.717) is 5.82 Å². The van der Waals surface area contributed by atoms with Crippen LogP contribution in [0.3, 0.4) is 0 Å². The van der Waals surface area contributed by atoms with Crippen molar-refractivity contribution in [3.05, 3.63) is 54.4 Å². The Hall–Kier alpha value is -2.60.